The van der Waals surface area contributed by atoms with Gasteiger partial charge >= 0.3 is 0 Å². The summed E-state index contributed by atoms with van der Waals surface area (Å²) in [7, 11) is 0.853. The van der Waals surface area contributed by atoms with Gasteiger partial charge in [-0.25, -0.2) is 8.42 Å². The molecule has 1 saturated carbocycles. The number of carbonyl (C=O) groups excluding carboxylic acids is 1. The summed E-state index contributed by atoms with van der Waals surface area (Å²) < 4.78 is 32.9. The van der Waals surface area contributed by atoms with Crippen LogP contribution in [0.1, 0.15) is 50.1 Å². The molecule has 1 aliphatic carbocycles. The molecule has 0 aromatic heterocycles. The minimum Gasteiger partial charge on any atom is -0.368 e. The quantitative estimate of drug-likeness (QED) is 0.504. The number of nitrogens with zero attached hydrogens (tertiary/aromatic N) is 2. The highest BCUT2D eigenvalue weighted by atomic mass is 32.2. The summed E-state index contributed by atoms with van der Waals surface area (Å²) in [6.07, 6.45) is 5.67. The van der Waals surface area contributed by atoms with Gasteiger partial charge in [0.05, 0.1) is 11.0 Å². The first-order valence-electron chi connectivity index (χ1n) is 13.5. The first kappa shape index (κ1) is 27.8. The highest BCUT2D eigenvalue weighted by Crippen LogP contribution is 2.39. The van der Waals surface area contributed by atoms with Gasteiger partial charge in [0.25, 0.3) is 0 Å². The Morgan fingerprint density at radius 1 is 0.946 bits per heavy atom. The highest BCUT2D eigenvalue weighted by molar-refractivity contribution is 7.89. The SMILES string of the molecule is CN(C)C(c1ccccc1)C1CCC(CNC(=O)COC2CCN(S(=O)(=O)c3ccccc3)CC2)CC1. The van der Waals surface area contributed by atoms with Gasteiger partial charge in [-0.1, -0.05) is 48.5 Å². The minimum absolute atomic E-state index is 0.0299. The fourth-order valence-corrected chi connectivity index (χ4v) is 7.32. The monoisotopic (exact) mass is 527 g/mol. The average Bonchev–Trinajstić information content (AvgIpc) is 2.93. The van der Waals surface area contributed by atoms with Crippen molar-refractivity contribution < 1.29 is 17.9 Å². The lowest BCUT2D eigenvalue weighted by Gasteiger charge is -2.37. The molecule has 1 unspecified atom stereocenters. The topological polar surface area (TPSA) is 79.0 Å². The van der Waals surface area contributed by atoms with Gasteiger partial charge in [0.15, 0.2) is 0 Å². The zero-order valence-corrected chi connectivity index (χ0v) is 22.9. The van der Waals surface area contributed by atoms with Gasteiger partial charge in [-0.15, -0.1) is 0 Å². The van der Waals surface area contributed by atoms with Gasteiger partial charge in [-0.2, -0.15) is 4.31 Å². The van der Waals surface area contributed by atoms with Gasteiger partial charge in [-0.3, -0.25) is 4.79 Å². The summed E-state index contributed by atoms with van der Waals surface area (Å²) in [6, 6.07) is 19.7. The van der Waals surface area contributed by atoms with E-state index in [0.717, 1.165) is 12.8 Å². The molecular formula is C29H41N3O4S. The molecule has 4 rings (SSSR count). The van der Waals surface area contributed by atoms with Crippen LogP contribution in [0, 0.1) is 11.8 Å². The van der Waals surface area contributed by atoms with Gasteiger partial charge in [0.2, 0.25) is 15.9 Å². The van der Waals surface area contributed by atoms with Gasteiger partial charge in [-0.05, 0) is 82.2 Å². The maximum atomic E-state index is 12.8. The van der Waals surface area contributed by atoms with Crippen LogP contribution in [0.5, 0.6) is 0 Å². The number of ether oxygens (including phenoxy) is 1. The van der Waals surface area contributed by atoms with Crippen molar-refractivity contribution in [2.75, 3.05) is 40.3 Å². The van der Waals surface area contributed by atoms with Crippen molar-refractivity contribution in [3.63, 3.8) is 0 Å². The molecule has 37 heavy (non-hydrogen) atoms. The Balaban J connectivity index is 1.14. The van der Waals surface area contributed by atoms with Crippen molar-refractivity contribution in [3.8, 4) is 0 Å². The van der Waals surface area contributed by atoms with E-state index in [1.807, 2.05) is 6.07 Å². The zero-order chi connectivity index (χ0) is 26.3. The summed E-state index contributed by atoms with van der Waals surface area (Å²) >= 11 is 0. The smallest absolute Gasteiger partial charge is 0.246 e. The first-order valence-corrected chi connectivity index (χ1v) is 14.9. The van der Waals surface area contributed by atoms with E-state index < -0.39 is 10.0 Å². The van der Waals surface area contributed by atoms with Crippen LogP contribution in [0.15, 0.2) is 65.6 Å². The minimum atomic E-state index is -3.47. The summed E-state index contributed by atoms with van der Waals surface area (Å²) in [5.74, 6) is 1.05. The molecule has 1 N–H and O–H groups in total. The number of piperidine rings is 1. The van der Waals surface area contributed by atoms with Gasteiger partial charge < -0.3 is 15.0 Å². The van der Waals surface area contributed by atoms with Crippen LogP contribution in [-0.2, 0) is 19.6 Å². The highest BCUT2D eigenvalue weighted by Gasteiger charge is 2.31. The molecule has 2 aromatic carbocycles. The molecule has 8 heteroatoms. The standard InChI is InChI=1S/C29H41N3O4S/c1-31(2)29(24-9-5-3-6-10-24)25-15-13-23(14-16-25)21-30-28(33)22-36-26-17-19-32(20-18-26)37(34,35)27-11-7-4-8-12-27/h3-12,23,25-26,29H,13-22H2,1-2H3,(H,30,33). The molecule has 1 saturated heterocycles. The number of carbonyl (C=O) groups is 1. The Morgan fingerprint density at radius 2 is 1.54 bits per heavy atom. The second-order valence-electron chi connectivity index (χ2n) is 10.6. The molecule has 2 aromatic rings. The molecule has 0 radical (unpaired) electrons. The zero-order valence-electron chi connectivity index (χ0n) is 22.1. The van der Waals surface area contributed by atoms with E-state index in [1.165, 1.54) is 22.7 Å². The second-order valence-corrected chi connectivity index (χ2v) is 12.6. The first-order chi connectivity index (χ1) is 17.8. The third kappa shape index (κ3) is 7.41. The van der Waals surface area contributed by atoms with Crippen LogP contribution in [0.25, 0.3) is 0 Å². The van der Waals surface area contributed by atoms with Crippen LogP contribution in [0.3, 0.4) is 0 Å². The van der Waals surface area contributed by atoms with Crippen molar-refractivity contribution in [3.05, 3.63) is 66.2 Å². The molecule has 202 valence electrons. The van der Waals surface area contributed by atoms with Crippen LogP contribution in [0.2, 0.25) is 0 Å². The average molecular weight is 528 g/mol. The third-order valence-corrected chi connectivity index (χ3v) is 9.77. The second kappa shape index (κ2) is 13.0. The Bertz CT molecular complexity index is 1080. The number of hydrogen-bond acceptors (Lipinski definition) is 5. The summed E-state index contributed by atoms with van der Waals surface area (Å²) in [5, 5.41) is 3.06. The molecule has 1 atom stereocenters. The molecule has 2 aliphatic rings. The van der Waals surface area contributed by atoms with E-state index >= 15 is 0 Å². The molecule has 1 amide bonds. The largest absolute Gasteiger partial charge is 0.368 e. The van der Waals surface area contributed by atoms with Gasteiger partial charge in [0.1, 0.15) is 6.61 Å². The Morgan fingerprint density at radius 3 is 2.14 bits per heavy atom. The van der Waals surface area contributed by atoms with Crippen molar-refractivity contribution >= 4 is 15.9 Å². The number of amides is 1. The fraction of sp³-hybridized carbons (Fsp3) is 0.552. The van der Waals surface area contributed by atoms with E-state index in [9.17, 15) is 13.2 Å². The lowest BCUT2D eigenvalue weighted by atomic mass is 9.76. The Labute approximate surface area is 222 Å². The van der Waals surface area contributed by atoms with Crippen molar-refractivity contribution in [2.45, 2.75) is 55.6 Å². The molecular weight excluding hydrogens is 486 g/mol. The van der Waals surface area contributed by atoms with Crippen LogP contribution >= 0.6 is 0 Å². The van der Waals surface area contributed by atoms with E-state index in [2.05, 4.69) is 54.6 Å². The summed E-state index contributed by atoms with van der Waals surface area (Å²) in [5.41, 5.74) is 1.38. The predicted molar refractivity (Wildman–Crippen MR) is 146 cm³/mol. The normalized spacial score (nSPS) is 22.6. The summed E-state index contributed by atoms with van der Waals surface area (Å²) in [6.45, 7) is 1.54. The molecule has 0 bridgehead atoms. The predicted octanol–water partition coefficient (Wildman–Crippen LogP) is 4.08. The lowest BCUT2D eigenvalue weighted by molar-refractivity contribution is -0.128. The van der Waals surface area contributed by atoms with Crippen molar-refractivity contribution in [2.24, 2.45) is 11.8 Å². The fourth-order valence-electron chi connectivity index (χ4n) is 5.83. The van der Waals surface area contributed by atoms with E-state index in [-0.39, 0.29) is 18.6 Å². The van der Waals surface area contributed by atoms with E-state index in [4.69, 9.17) is 4.74 Å². The molecule has 1 aliphatic heterocycles. The van der Waals surface area contributed by atoms with Crippen LogP contribution < -0.4 is 5.32 Å². The van der Waals surface area contributed by atoms with Crippen molar-refractivity contribution in [1.82, 2.24) is 14.5 Å². The van der Waals surface area contributed by atoms with Crippen LogP contribution in [0.4, 0.5) is 0 Å². The number of sulfonamides is 1. The maximum absolute atomic E-state index is 12.8. The third-order valence-electron chi connectivity index (χ3n) is 7.86. The molecule has 2 fully saturated rings. The number of benzene rings is 2. The number of rotatable bonds is 10. The lowest BCUT2D eigenvalue weighted by Crippen LogP contribution is -2.42. The maximum Gasteiger partial charge on any atom is 0.246 e. The molecule has 0 spiro atoms. The van der Waals surface area contributed by atoms with Crippen LogP contribution in [-0.4, -0.2) is 70.0 Å². The van der Waals surface area contributed by atoms with E-state index in [0.29, 0.717) is 55.2 Å². The van der Waals surface area contributed by atoms with Gasteiger partial charge in [0, 0.05) is 25.7 Å². The Kier molecular flexibility index (Phi) is 9.76. The summed E-state index contributed by atoms with van der Waals surface area (Å²) in [4.78, 5) is 15.1. The number of nitrogens with one attached hydrogen (secondary N) is 1. The van der Waals surface area contributed by atoms with Crippen molar-refractivity contribution in [1.29, 1.82) is 0 Å². The molecule has 1 heterocycles. The Hall–Kier alpha value is -2.26. The molecule has 7 nitrogen and oxygen atoms in total. The van der Waals surface area contributed by atoms with E-state index in [1.54, 1.807) is 24.3 Å². The number of hydrogen-bond donors (Lipinski definition) is 1.